The monoisotopic (exact) mass is 375 g/mol. The Morgan fingerprint density at radius 3 is 2.73 bits per heavy atom. The van der Waals surface area contributed by atoms with Gasteiger partial charge in [0, 0.05) is 12.6 Å². The van der Waals surface area contributed by atoms with Crippen molar-refractivity contribution < 1.29 is 22.4 Å². The molecule has 3 rings (SSSR count). The van der Waals surface area contributed by atoms with Gasteiger partial charge in [0.1, 0.15) is 17.2 Å². The lowest BCUT2D eigenvalue weighted by Crippen LogP contribution is -2.38. The van der Waals surface area contributed by atoms with E-state index in [0.717, 1.165) is 4.31 Å². The molecule has 0 aliphatic carbocycles. The van der Waals surface area contributed by atoms with Crippen molar-refractivity contribution in [3.8, 4) is 5.75 Å². The normalized spacial score (nSPS) is 15.8. The number of hydrogen-bond acceptors (Lipinski definition) is 5. The first kappa shape index (κ1) is 17.7. The van der Waals surface area contributed by atoms with Gasteiger partial charge in [0.25, 0.3) is 5.91 Å². The molecule has 2 aromatic rings. The van der Waals surface area contributed by atoms with Crippen LogP contribution in [-0.2, 0) is 21.5 Å². The molecule has 9 heteroatoms. The largest absolute Gasteiger partial charge is 0.496 e. The van der Waals surface area contributed by atoms with E-state index in [9.17, 15) is 13.2 Å². The average Bonchev–Trinajstić information content (AvgIpc) is 3.15. The van der Waals surface area contributed by atoms with Gasteiger partial charge in [-0.3, -0.25) is 4.79 Å². The second-order valence-electron chi connectivity index (χ2n) is 5.41. The first-order valence-corrected chi connectivity index (χ1v) is 9.06. The smallest absolute Gasteiger partial charge is 0.345 e. The molecule has 0 fully saturated rings. The minimum atomic E-state index is -4.04. The summed E-state index contributed by atoms with van der Waals surface area (Å²) in [5.41, 5.74) is 0.555. The van der Waals surface area contributed by atoms with Crippen LogP contribution in [0.5, 0.6) is 5.75 Å². The van der Waals surface area contributed by atoms with Crippen molar-refractivity contribution in [2.75, 3.05) is 14.2 Å². The summed E-state index contributed by atoms with van der Waals surface area (Å²) in [7, 11) is -1.29. The lowest BCUT2D eigenvalue weighted by Gasteiger charge is -2.24. The van der Waals surface area contributed by atoms with Gasteiger partial charge in [0.2, 0.25) is 0 Å². The second kappa shape index (κ2) is 7.04. The van der Waals surface area contributed by atoms with E-state index in [4.69, 9.17) is 9.15 Å². The number of ether oxygens (including phenoxy) is 1. The van der Waals surface area contributed by atoms with Crippen molar-refractivity contribution in [1.82, 2.24) is 9.62 Å². The van der Waals surface area contributed by atoms with Crippen LogP contribution in [-0.4, -0.2) is 38.5 Å². The molecule has 26 heavy (non-hydrogen) atoms. The van der Waals surface area contributed by atoms with Gasteiger partial charge >= 0.3 is 10.2 Å². The van der Waals surface area contributed by atoms with Gasteiger partial charge in [0.05, 0.1) is 25.6 Å². The molecular formula is C17H17N3O5S. The van der Waals surface area contributed by atoms with Crippen molar-refractivity contribution in [3.05, 3.63) is 65.8 Å². The number of nitrogens with one attached hydrogen (secondary N) is 1. The molecule has 1 aliphatic rings. The van der Waals surface area contributed by atoms with Gasteiger partial charge < -0.3 is 14.5 Å². The highest BCUT2D eigenvalue weighted by molar-refractivity contribution is 7.88. The molecule has 1 aromatic carbocycles. The predicted molar refractivity (Wildman–Crippen MR) is 94.9 cm³/mol. The highest BCUT2D eigenvalue weighted by Gasteiger charge is 2.30. The first-order valence-electron chi connectivity index (χ1n) is 7.67. The van der Waals surface area contributed by atoms with Gasteiger partial charge in [-0.05, 0) is 30.3 Å². The van der Waals surface area contributed by atoms with Gasteiger partial charge in [-0.1, -0.05) is 12.1 Å². The Balaban J connectivity index is 1.94. The van der Waals surface area contributed by atoms with Gasteiger partial charge in [0.15, 0.2) is 0 Å². The van der Waals surface area contributed by atoms with Crippen LogP contribution in [0.3, 0.4) is 0 Å². The fraction of sp³-hybridized carbons (Fsp3) is 0.176. The third-order valence-corrected chi connectivity index (χ3v) is 5.11. The van der Waals surface area contributed by atoms with Crippen molar-refractivity contribution in [2.24, 2.45) is 4.40 Å². The van der Waals surface area contributed by atoms with Crippen LogP contribution >= 0.6 is 0 Å². The molecule has 1 aliphatic heterocycles. The van der Waals surface area contributed by atoms with E-state index >= 15 is 0 Å². The number of furan rings is 1. The number of para-hydroxylation sites is 1. The zero-order chi connectivity index (χ0) is 18.7. The number of rotatable bonds is 5. The Morgan fingerprint density at radius 1 is 1.27 bits per heavy atom. The maximum absolute atomic E-state index is 12.5. The van der Waals surface area contributed by atoms with Crippen LogP contribution in [0.15, 0.2) is 63.2 Å². The molecule has 1 N–H and O–H groups in total. The molecule has 2 heterocycles. The average molecular weight is 375 g/mol. The van der Waals surface area contributed by atoms with Crippen LogP contribution in [0, 0.1) is 0 Å². The Hall–Kier alpha value is -3.07. The summed E-state index contributed by atoms with van der Waals surface area (Å²) in [6.07, 6.45) is 2.90. The molecule has 0 unspecified atom stereocenters. The number of carbonyl (C=O) groups excluding carboxylic acids is 1. The van der Waals surface area contributed by atoms with E-state index in [0.29, 0.717) is 17.1 Å². The summed E-state index contributed by atoms with van der Waals surface area (Å²) in [6, 6.07) is 10.3. The third kappa shape index (κ3) is 3.47. The summed E-state index contributed by atoms with van der Waals surface area (Å²) in [6.45, 7) is 0.137. The van der Waals surface area contributed by atoms with Crippen molar-refractivity contribution in [1.29, 1.82) is 0 Å². The lowest BCUT2D eigenvalue weighted by molar-refractivity contribution is -0.118. The van der Waals surface area contributed by atoms with Gasteiger partial charge in [-0.2, -0.15) is 8.42 Å². The number of methoxy groups -OCH3 is 1. The van der Waals surface area contributed by atoms with Crippen molar-refractivity contribution in [3.63, 3.8) is 0 Å². The number of benzene rings is 1. The molecule has 136 valence electrons. The Kier molecular flexibility index (Phi) is 4.81. The Labute approximate surface area is 151 Å². The van der Waals surface area contributed by atoms with Crippen LogP contribution in [0.25, 0.3) is 0 Å². The van der Waals surface area contributed by atoms with E-state index in [-0.39, 0.29) is 18.0 Å². The van der Waals surface area contributed by atoms with Crippen LogP contribution in [0.1, 0.15) is 11.3 Å². The Bertz CT molecular complexity index is 978. The summed E-state index contributed by atoms with van der Waals surface area (Å²) in [5.74, 6) is 0.450. The van der Waals surface area contributed by atoms with E-state index in [1.807, 2.05) is 0 Å². The molecule has 1 amide bonds. The molecule has 0 spiro atoms. The van der Waals surface area contributed by atoms with Crippen LogP contribution < -0.4 is 10.1 Å². The second-order valence-corrected chi connectivity index (χ2v) is 7.04. The maximum Gasteiger partial charge on any atom is 0.345 e. The highest BCUT2D eigenvalue weighted by Crippen LogP contribution is 2.25. The molecular weight excluding hydrogens is 358 g/mol. The van der Waals surface area contributed by atoms with Crippen LogP contribution in [0.4, 0.5) is 0 Å². The molecule has 1 aromatic heterocycles. The molecule has 0 saturated heterocycles. The van der Waals surface area contributed by atoms with Gasteiger partial charge in [-0.25, -0.2) is 4.31 Å². The predicted octanol–water partition coefficient (Wildman–Crippen LogP) is 1.47. The van der Waals surface area contributed by atoms with E-state index in [2.05, 4.69) is 9.71 Å². The van der Waals surface area contributed by atoms with Crippen molar-refractivity contribution >= 4 is 21.8 Å². The number of likely N-dealkylation sites (N-methyl/N-ethyl adjacent to an activating group) is 1. The number of hydrogen-bond donors (Lipinski definition) is 1. The lowest BCUT2D eigenvalue weighted by atomic mass is 10.1. The molecule has 8 nitrogen and oxygen atoms in total. The zero-order valence-electron chi connectivity index (χ0n) is 14.2. The van der Waals surface area contributed by atoms with Crippen molar-refractivity contribution in [2.45, 2.75) is 6.54 Å². The van der Waals surface area contributed by atoms with Gasteiger partial charge in [-0.15, -0.1) is 4.40 Å². The molecule has 0 atom stereocenters. The minimum Gasteiger partial charge on any atom is -0.496 e. The molecule has 0 bridgehead atoms. The van der Waals surface area contributed by atoms with E-state index < -0.39 is 16.1 Å². The first-order chi connectivity index (χ1) is 12.4. The van der Waals surface area contributed by atoms with E-state index in [1.54, 1.807) is 36.4 Å². The number of carbonyl (C=O) groups is 1. The quantitative estimate of drug-likeness (QED) is 0.853. The molecule has 0 radical (unpaired) electrons. The maximum atomic E-state index is 12.5. The third-order valence-electron chi connectivity index (χ3n) is 3.79. The SMILES string of the molecule is COc1ccccc1C1=NS(=O)(=O)N(C)C(C(=O)NCc2ccco2)=C1. The Morgan fingerprint density at radius 2 is 2.04 bits per heavy atom. The fourth-order valence-electron chi connectivity index (χ4n) is 2.42. The fourth-order valence-corrected chi connectivity index (χ4v) is 3.33. The molecule has 0 saturated carbocycles. The standard InChI is InChI=1S/C17H17N3O5S/c1-20-15(17(21)18-11-12-6-5-9-25-12)10-14(19-26(20,22)23)13-7-3-4-8-16(13)24-2/h3-10H,11H2,1-2H3,(H,18,21). The topological polar surface area (TPSA) is 101 Å². The summed E-state index contributed by atoms with van der Waals surface area (Å²) >= 11 is 0. The number of allylic oxidation sites excluding steroid dienone is 1. The zero-order valence-corrected chi connectivity index (χ0v) is 15.0. The summed E-state index contributed by atoms with van der Waals surface area (Å²) < 4.78 is 39.8. The highest BCUT2D eigenvalue weighted by atomic mass is 32.2. The number of nitrogens with zero attached hydrogens (tertiary/aromatic N) is 2. The van der Waals surface area contributed by atoms with E-state index in [1.165, 1.54) is 26.5 Å². The van der Waals surface area contributed by atoms with Crippen LogP contribution in [0.2, 0.25) is 0 Å². The number of amides is 1. The summed E-state index contributed by atoms with van der Waals surface area (Å²) in [4.78, 5) is 12.5. The summed E-state index contributed by atoms with van der Waals surface area (Å²) in [5, 5.41) is 2.63. The minimum absolute atomic E-state index is 0.0486.